The summed E-state index contributed by atoms with van der Waals surface area (Å²) in [7, 11) is 0. The van der Waals surface area contributed by atoms with Gasteiger partial charge in [0.15, 0.2) is 0 Å². The Balaban J connectivity index is 1.37. The zero-order valence-electron chi connectivity index (χ0n) is 24.7. The molecule has 0 saturated heterocycles. The van der Waals surface area contributed by atoms with Crippen LogP contribution in [0.2, 0.25) is 0 Å². The molecule has 3 heteroatoms. The van der Waals surface area contributed by atoms with Crippen molar-refractivity contribution in [2.24, 2.45) is 0 Å². The van der Waals surface area contributed by atoms with Gasteiger partial charge in [0.2, 0.25) is 0 Å². The summed E-state index contributed by atoms with van der Waals surface area (Å²) in [5.41, 5.74) is 12.3. The van der Waals surface area contributed by atoms with Gasteiger partial charge in [-0.2, -0.15) is 5.26 Å². The van der Waals surface area contributed by atoms with Crippen LogP contribution in [0, 0.1) is 11.3 Å². The van der Waals surface area contributed by atoms with Crippen LogP contribution < -0.4 is 0 Å². The Labute approximate surface area is 265 Å². The van der Waals surface area contributed by atoms with Gasteiger partial charge in [-0.05, 0) is 93.0 Å². The Bertz CT molecular complexity index is 2650. The van der Waals surface area contributed by atoms with Crippen LogP contribution >= 0.6 is 0 Å². The van der Waals surface area contributed by atoms with Crippen molar-refractivity contribution in [3.63, 3.8) is 0 Å². The molecule has 2 aromatic heterocycles. The number of para-hydroxylation sites is 2. The summed E-state index contributed by atoms with van der Waals surface area (Å²) in [5, 5.41) is 14.5. The Kier molecular flexibility index (Phi) is 5.88. The fourth-order valence-electron chi connectivity index (χ4n) is 6.85. The van der Waals surface area contributed by atoms with Crippen molar-refractivity contribution < 1.29 is 8.83 Å². The van der Waals surface area contributed by atoms with Crippen molar-refractivity contribution in [3.8, 4) is 50.6 Å². The van der Waals surface area contributed by atoms with Crippen molar-refractivity contribution in [2.75, 3.05) is 0 Å². The normalized spacial score (nSPS) is 11.5. The maximum atomic E-state index is 10.2. The summed E-state index contributed by atoms with van der Waals surface area (Å²) < 4.78 is 12.6. The predicted molar refractivity (Wildman–Crippen MR) is 187 cm³/mol. The molecule has 0 fully saturated rings. The summed E-state index contributed by atoms with van der Waals surface area (Å²) in [6, 6.07) is 54.3. The lowest BCUT2D eigenvalue weighted by molar-refractivity contribution is 0.668. The molecule has 3 nitrogen and oxygen atoms in total. The molecule has 0 saturated carbocycles. The van der Waals surface area contributed by atoms with Crippen LogP contribution in [0.1, 0.15) is 5.56 Å². The third-order valence-electron chi connectivity index (χ3n) is 8.90. The first-order chi connectivity index (χ1) is 22.7. The van der Waals surface area contributed by atoms with Gasteiger partial charge in [-0.1, -0.05) is 103 Å². The van der Waals surface area contributed by atoms with Gasteiger partial charge in [0.25, 0.3) is 0 Å². The first kappa shape index (κ1) is 26.1. The average molecular weight is 588 g/mol. The molecule has 0 aliphatic rings. The zero-order valence-corrected chi connectivity index (χ0v) is 24.7. The summed E-state index contributed by atoms with van der Waals surface area (Å²) in [6.45, 7) is 0. The monoisotopic (exact) mass is 587 g/mol. The minimum absolute atomic E-state index is 0.608. The van der Waals surface area contributed by atoms with Gasteiger partial charge >= 0.3 is 0 Å². The minimum atomic E-state index is 0.608. The summed E-state index contributed by atoms with van der Waals surface area (Å²) in [6.07, 6.45) is 0. The lowest BCUT2D eigenvalue weighted by Crippen LogP contribution is -1.93. The van der Waals surface area contributed by atoms with Crippen molar-refractivity contribution in [1.29, 1.82) is 5.26 Å². The molecule has 0 atom stereocenters. The maximum Gasteiger partial charge on any atom is 0.136 e. The summed E-state index contributed by atoms with van der Waals surface area (Å²) >= 11 is 0. The van der Waals surface area contributed by atoms with Crippen LogP contribution in [0.5, 0.6) is 0 Å². The third kappa shape index (κ3) is 4.13. The first-order valence-electron chi connectivity index (χ1n) is 15.3. The van der Waals surface area contributed by atoms with Gasteiger partial charge in [0.1, 0.15) is 22.3 Å². The zero-order chi connectivity index (χ0) is 30.6. The molecule has 46 heavy (non-hydrogen) atoms. The van der Waals surface area contributed by atoms with E-state index in [-0.39, 0.29) is 0 Å². The highest BCUT2D eigenvalue weighted by Gasteiger charge is 2.20. The van der Waals surface area contributed by atoms with Crippen LogP contribution in [0.3, 0.4) is 0 Å². The lowest BCUT2D eigenvalue weighted by Gasteiger charge is -2.18. The molecule has 0 spiro atoms. The van der Waals surface area contributed by atoms with Gasteiger partial charge in [0, 0.05) is 21.5 Å². The van der Waals surface area contributed by atoms with Gasteiger partial charge in [-0.25, -0.2) is 0 Å². The van der Waals surface area contributed by atoms with E-state index >= 15 is 0 Å². The second-order valence-corrected chi connectivity index (χ2v) is 11.6. The predicted octanol–water partition coefficient (Wildman–Crippen LogP) is 12.0. The number of nitriles is 1. The highest BCUT2D eigenvalue weighted by atomic mass is 16.3. The second-order valence-electron chi connectivity index (χ2n) is 11.6. The number of fused-ring (bicyclic) bond motifs is 6. The van der Waals surface area contributed by atoms with Crippen LogP contribution in [0.25, 0.3) is 88.4 Å². The van der Waals surface area contributed by atoms with Crippen molar-refractivity contribution in [1.82, 2.24) is 0 Å². The highest BCUT2D eigenvalue weighted by Crippen LogP contribution is 2.46. The Morgan fingerprint density at radius 3 is 1.87 bits per heavy atom. The number of hydrogen-bond donors (Lipinski definition) is 0. The molecule has 214 valence electrons. The van der Waals surface area contributed by atoms with Gasteiger partial charge in [-0.3, -0.25) is 0 Å². The van der Waals surface area contributed by atoms with Crippen LogP contribution in [-0.2, 0) is 0 Å². The molecule has 0 N–H and O–H groups in total. The molecule has 0 radical (unpaired) electrons. The van der Waals surface area contributed by atoms with Crippen molar-refractivity contribution >= 4 is 43.9 Å². The molecule has 0 unspecified atom stereocenters. The summed E-state index contributed by atoms with van der Waals surface area (Å²) in [5.74, 6) is 0. The molecule has 2 heterocycles. The maximum absolute atomic E-state index is 10.2. The van der Waals surface area contributed by atoms with E-state index in [0.717, 1.165) is 88.4 Å². The van der Waals surface area contributed by atoms with E-state index < -0.39 is 0 Å². The van der Waals surface area contributed by atoms with E-state index in [1.54, 1.807) is 0 Å². The molecule has 9 rings (SSSR count). The number of rotatable bonds is 4. The van der Waals surface area contributed by atoms with Crippen LogP contribution in [0.4, 0.5) is 0 Å². The average Bonchev–Trinajstić information content (AvgIpc) is 3.69. The third-order valence-corrected chi connectivity index (χ3v) is 8.90. The molecule has 0 amide bonds. The van der Waals surface area contributed by atoms with Gasteiger partial charge in [0.05, 0.1) is 11.6 Å². The highest BCUT2D eigenvalue weighted by molar-refractivity contribution is 6.15. The van der Waals surface area contributed by atoms with E-state index in [9.17, 15) is 5.26 Å². The van der Waals surface area contributed by atoms with E-state index in [0.29, 0.717) is 5.56 Å². The SMILES string of the molecule is N#Cc1cc(-c2ccccc2)cc(-c2c(-c3ccc4c(c3)oc3ccccc34)cccc2-c2cccc3oc4ccccc4c23)c1. The number of nitrogens with zero attached hydrogens (tertiary/aromatic N) is 1. The fraction of sp³-hybridized carbons (Fsp3) is 0. The Morgan fingerprint density at radius 1 is 0.391 bits per heavy atom. The number of benzene rings is 7. The Morgan fingerprint density at radius 2 is 1.02 bits per heavy atom. The number of furan rings is 2. The van der Waals surface area contributed by atoms with E-state index in [1.165, 1.54) is 0 Å². The number of hydrogen-bond acceptors (Lipinski definition) is 3. The van der Waals surface area contributed by atoms with E-state index in [2.05, 4.69) is 91.0 Å². The molecular formula is C43H25NO2. The molecule has 0 bridgehead atoms. The quantitative estimate of drug-likeness (QED) is 0.206. The first-order valence-corrected chi connectivity index (χ1v) is 15.3. The summed E-state index contributed by atoms with van der Waals surface area (Å²) in [4.78, 5) is 0. The molecular weight excluding hydrogens is 562 g/mol. The van der Waals surface area contributed by atoms with E-state index in [4.69, 9.17) is 8.83 Å². The van der Waals surface area contributed by atoms with Gasteiger partial charge < -0.3 is 8.83 Å². The van der Waals surface area contributed by atoms with Crippen LogP contribution in [0.15, 0.2) is 160 Å². The van der Waals surface area contributed by atoms with E-state index in [1.807, 2.05) is 66.7 Å². The topological polar surface area (TPSA) is 50.1 Å². The standard InChI is InChI=1S/C43H25NO2/c44-26-27-22-30(28-10-2-1-3-11-28)24-31(23-27)42-32(29-20-21-34-33-12-4-6-17-38(33)46-41(34)25-29)14-8-15-35(42)36-16-9-19-40-43(36)37-13-5-7-18-39(37)45-40/h1-25H. The fourth-order valence-corrected chi connectivity index (χ4v) is 6.85. The lowest BCUT2D eigenvalue weighted by atomic mass is 9.85. The minimum Gasteiger partial charge on any atom is -0.456 e. The Hall–Kier alpha value is -6.37. The molecule has 9 aromatic rings. The molecule has 0 aliphatic heterocycles. The molecule has 0 aliphatic carbocycles. The van der Waals surface area contributed by atoms with Crippen molar-refractivity contribution in [3.05, 3.63) is 157 Å². The molecule has 7 aromatic carbocycles. The largest absolute Gasteiger partial charge is 0.456 e. The van der Waals surface area contributed by atoms with Gasteiger partial charge in [-0.15, -0.1) is 0 Å². The smallest absolute Gasteiger partial charge is 0.136 e. The van der Waals surface area contributed by atoms with Crippen LogP contribution in [-0.4, -0.2) is 0 Å². The van der Waals surface area contributed by atoms with Crippen molar-refractivity contribution in [2.45, 2.75) is 0 Å². The second kappa shape index (κ2) is 10.4.